The van der Waals surface area contributed by atoms with Crippen LogP contribution in [-0.2, 0) is 6.54 Å². The Morgan fingerprint density at radius 1 is 1.29 bits per heavy atom. The maximum atomic E-state index is 13.6. The summed E-state index contributed by atoms with van der Waals surface area (Å²) in [4.78, 5) is 13.7. The van der Waals surface area contributed by atoms with Gasteiger partial charge in [-0.2, -0.15) is 0 Å². The lowest BCUT2D eigenvalue weighted by atomic mass is 10.1. The standard InChI is InChI=1S/C16H16FNO3/c1-18(10-12-5-3-4-6-14(12)19)16(20)11-7-8-15(21-2)13(17)9-11/h3-9,19H,10H2,1-2H3. The fraction of sp³-hybridized carbons (Fsp3) is 0.188. The first kappa shape index (κ1) is 14.8. The Bertz CT molecular complexity index is 658. The van der Waals surface area contributed by atoms with Crippen molar-refractivity contribution in [3.63, 3.8) is 0 Å². The quantitative estimate of drug-likeness (QED) is 0.941. The Morgan fingerprint density at radius 2 is 2.00 bits per heavy atom. The normalized spacial score (nSPS) is 10.2. The molecule has 110 valence electrons. The molecule has 0 bridgehead atoms. The first-order chi connectivity index (χ1) is 10.0. The topological polar surface area (TPSA) is 49.8 Å². The predicted octanol–water partition coefficient (Wildman–Crippen LogP) is 2.81. The van der Waals surface area contributed by atoms with Crippen molar-refractivity contribution in [2.75, 3.05) is 14.2 Å². The zero-order valence-electron chi connectivity index (χ0n) is 11.8. The number of phenols is 1. The molecule has 0 saturated carbocycles. The smallest absolute Gasteiger partial charge is 0.254 e. The number of hydrogen-bond acceptors (Lipinski definition) is 3. The van der Waals surface area contributed by atoms with Crippen molar-refractivity contribution in [3.8, 4) is 11.5 Å². The van der Waals surface area contributed by atoms with Gasteiger partial charge in [0.15, 0.2) is 11.6 Å². The van der Waals surface area contributed by atoms with Gasteiger partial charge in [0.1, 0.15) is 5.75 Å². The number of methoxy groups -OCH3 is 1. The number of carbonyl (C=O) groups excluding carboxylic acids is 1. The van der Waals surface area contributed by atoms with Gasteiger partial charge in [-0.1, -0.05) is 18.2 Å². The number of carbonyl (C=O) groups is 1. The fourth-order valence-electron chi connectivity index (χ4n) is 1.99. The highest BCUT2D eigenvalue weighted by molar-refractivity contribution is 5.94. The van der Waals surface area contributed by atoms with Gasteiger partial charge in [0.05, 0.1) is 7.11 Å². The molecule has 0 aliphatic rings. The van der Waals surface area contributed by atoms with Crippen LogP contribution in [0.15, 0.2) is 42.5 Å². The molecule has 0 unspecified atom stereocenters. The number of benzene rings is 2. The minimum Gasteiger partial charge on any atom is -0.508 e. The summed E-state index contributed by atoms with van der Waals surface area (Å²) in [5.41, 5.74) is 0.855. The van der Waals surface area contributed by atoms with Gasteiger partial charge in [0.25, 0.3) is 5.91 Å². The minimum absolute atomic E-state index is 0.0925. The Hall–Kier alpha value is -2.56. The van der Waals surface area contributed by atoms with E-state index in [1.807, 2.05) is 0 Å². The Morgan fingerprint density at radius 3 is 2.62 bits per heavy atom. The molecule has 2 rings (SSSR count). The van der Waals surface area contributed by atoms with Gasteiger partial charge < -0.3 is 14.7 Å². The summed E-state index contributed by atoms with van der Waals surface area (Å²) in [6.45, 7) is 0.235. The van der Waals surface area contributed by atoms with Crippen LogP contribution in [-0.4, -0.2) is 30.1 Å². The van der Waals surface area contributed by atoms with E-state index in [-0.39, 0.29) is 29.5 Å². The van der Waals surface area contributed by atoms with Gasteiger partial charge in [-0.05, 0) is 24.3 Å². The van der Waals surface area contributed by atoms with Gasteiger partial charge in [-0.15, -0.1) is 0 Å². The Kier molecular flexibility index (Phi) is 4.42. The molecule has 2 aromatic rings. The lowest BCUT2D eigenvalue weighted by molar-refractivity contribution is 0.0784. The largest absolute Gasteiger partial charge is 0.508 e. The highest BCUT2D eigenvalue weighted by Crippen LogP contribution is 2.21. The molecule has 0 spiro atoms. The molecule has 0 heterocycles. The molecule has 0 aliphatic heterocycles. The molecule has 0 atom stereocenters. The van der Waals surface area contributed by atoms with Crippen LogP contribution in [0.1, 0.15) is 15.9 Å². The molecule has 4 nitrogen and oxygen atoms in total. The van der Waals surface area contributed by atoms with Crippen LogP contribution < -0.4 is 4.74 Å². The molecular formula is C16H16FNO3. The molecule has 0 saturated heterocycles. The van der Waals surface area contributed by atoms with Crippen LogP contribution in [0.25, 0.3) is 0 Å². The summed E-state index contributed by atoms with van der Waals surface area (Å²) in [7, 11) is 2.96. The third kappa shape index (κ3) is 3.31. The van der Waals surface area contributed by atoms with Crippen molar-refractivity contribution in [2.45, 2.75) is 6.54 Å². The second-order valence-electron chi connectivity index (χ2n) is 4.64. The van der Waals surface area contributed by atoms with Crippen LogP contribution in [0.4, 0.5) is 4.39 Å². The van der Waals surface area contributed by atoms with E-state index in [4.69, 9.17) is 4.74 Å². The molecule has 1 amide bonds. The number of halogens is 1. The first-order valence-corrected chi connectivity index (χ1v) is 6.39. The van der Waals surface area contributed by atoms with E-state index >= 15 is 0 Å². The Balaban J connectivity index is 2.16. The zero-order chi connectivity index (χ0) is 15.4. The molecule has 0 fully saturated rings. The van der Waals surface area contributed by atoms with Crippen molar-refractivity contribution in [3.05, 3.63) is 59.4 Å². The summed E-state index contributed by atoms with van der Waals surface area (Å²) < 4.78 is 18.4. The average Bonchev–Trinajstić information content (AvgIpc) is 2.48. The molecular weight excluding hydrogens is 273 g/mol. The molecule has 0 aliphatic carbocycles. The molecule has 2 aromatic carbocycles. The van der Waals surface area contributed by atoms with Gasteiger partial charge in [-0.25, -0.2) is 4.39 Å². The monoisotopic (exact) mass is 289 g/mol. The summed E-state index contributed by atoms with van der Waals surface area (Å²) >= 11 is 0. The zero-order valence-corrected chi connectivity index (χ0v) is 11.8. The lowest BCUT2D eigenvalue weighted by Crippen LogP contribution is -2.26. The van der Waals surface area contributed by atoms with E-state index in [2.05, 4.69) is 0 Å². The van der Waals surface area contributed by atoms with Crippen LogP contribution >= 0.6 is 0 Å². The van der Waals surface area contributed by atoms with Gasteiger partial charge >= 0.3 is 0 Å². The van der Waals surface area contributed by atoms with Gasteiger partial charge in [-0.3, -0.25) is 4.79 Å². The number of hydrogen-bond donors (Lipinski definition) is 1. The van der Waals surface area contributed by atoms with Crippen molar-refractivity contribution in [1.29, 1.82) is 0 Å². The summed E-state index contributed by atoms with van der Waals surface area (Å²) in [6.07, 6.45) is 0. The Labute approximate surface area is 122 Å². The second kappa shape index (κ2) is 6.26. The predicted molar refractivity (Wildman–Crippen MR) is 76.9 cm³/mol. The maximum absolute atomic E-state index is 13.6. The summed E-state index contributed by atoms with van der Waals surface area (Å²) in [5, 5.41) is 9.71. The van der Waals surface area contributed by atoms with Gasteiger partial charge in [0, 0.05) is 24.7 Å². The van der Waals surface area contributed by atoms with Crippen molar-refractivity contribution in [2.24, 2.45) is 0 Å². The van der Waals surface area contributed by atoms with E-state index in [9.17, 15) is 14.3 Å². The lowest BCUT2D eigenvalue weighted by Gasteiger charge is -2.18. The van der Waals surface area contributed by atoms with E-state index in [0.717, 1.165) is 6.07 Å². The van der Waals surface area contributed by atoms with Crippen LogP contribution in [0.2, 0.25) is 0 Å². The summed E-state index contributed by atoms with van der Waals surface area (Å²) in [6, 6.07) is 10.8. The van der Waals surface area contributed by atoms with Crippen molar-refractivity contribution in [1.82, 2.24) is 4.90 Å². The number of aromatic hydroxyl groups is 1. The number of rotatable bonds is 4. The summed E-state index contributed by atoms with van der Waals surface area (Å²) in [5.74, 6) is -0.702. The minimum atomic E-state index is -0.584. The van der Waals surface area contributed by atoms with Crippen LogP contribution in [0.3, 0.4) is 0 Å². The van der Waals surface area contributed by atoms with Crippen LogP contribution in [0, 0.1) is 5.82 Å². The molecule has 0 aromatic heterocycles. The first-order valence-electron chi connectivity index (χ1n) is 6.39. The van der Waals surface area contributed by atoms with Crippen molar-refractivity contribution < 1.29 is 19.0 Å². The number of ether oxygens (including phenoxy) is 1. The van der Waals surface area contributed by atoms with E-state index in [0.29, 0.717) is 5.56 Å². The van der Waals surface area contributed by atoms with Crippen LogP contribution in [0.5, 0.6) is 11.5 Å². The molecule has 21 heavy (non-hydrogen) atoms. The average molecular weight is 289 g/mol. The number of para-hydroxylation sites is 1. The second-order valence-corrected chi connectivity index (χ2v) is 4.64. The third-order valence-electron chi connectivity index (χ3n) is 3.14. The molecule has 1 N–H and O–H groups in total. The van der Waals surface area contributed by atoms with E-state index in [1.54, 1.807) is 31.3 Å². The number of nitrogens with zero attached hydrogens (tertiary/aromatic N) is 1. The molecule has 0 radical (unpaired) electrons. The SMILES string of the molecule is COc1ccc(C(=O)N(C)Cc2ccccc2O)cc1F. The highest BCUT2D eigenvalue weighted by atomic mass is 19.1. The number of phenolic OH excluding ortho intramolecular Hbond substituents is 1. The third-order valence-corrected chi connectivity index (χ3v) is 3.14. The van der Waals surface area contributed by atoms with E-state index in [1.165, 1.54) is 24.1 Å². The highest BCUT2D eigenvalue weighted by Gasteiger charge is 2.15. The molecule has 5 heteroatoms. The van der Waals surface area contributed by atoms with Gasteiger partial charge in [0.2, 0.25) is 0 Å². The maximum Gasteiger partial charge on any atom is 0.254 e. The fourth-order valence-corrected chi connectivity index (χ4v) is 1.99. The van der Waals surface area contributed by atoms with E-state index < -0.39 is 5.82 Å². The van der Waals surface area contributed by atoms with Crippen molar-refractivity contribution >= 4 is 5.91 Å². The number of amides is 1.